The van der Waals surface area contributed by atoms with Crippen LogP contribution in [0.1, 0.15) is 12.8 Å². The molecule has 2 heterocycles. The molecule has 2 aliphatic heterocycles. The number of hydrogen-bond acceptors (Lipinski definition) is 4. The minimum atomic E-state index is -0.752. The van der Waals surface area contributed by atoms with Gasteiger partial charge in [-0.1, -0.05) is 0 Å². The molecule has 4 nitrogen and oxygen atoms in total. The molecule has 2 rings (SSSR count). The molecule has 4 heteroatoms. The first kappa shape index (κ1) is 9.40. The first-order valence-electron chi connectivity index (χ1n) is 4.80. The monoisotopic (exact) mass is 187 g/mol. The summed E-state index contributed by atoms with van der Waals surface area (Å²) in [6.45, 7) is 2.81. The van der Waals surface area contributed by atoms with Gasteiger partial charge in [-0.25, -0.2) is 0 Å². The Morgan fingerprint density at radius 1 is 1.15 bits per heavy atom. The Hall–Kier alpha value is -0.160. The van der Waals surface area contributed by atoms with Gasteiger partial charge in [0.15, 0.2) is 0 Å². The SMILES string of the molecule is NCC1(C2(O)CCOC2)CCOC1. The molecule has 3 N–H and O–H groups in total. The van der Waals surface area contributed by atoms with Gasteiger partial charge < -0.3 is 20.3 Å². The third-order valence-corrected chi connectivity index (χ3v) is 3.48. The van der Waals surface area contributed by atoms with Gasteiger partial charge in [-0.3, -0.25) is 0 Å². The highest BCUT2D eigenvalue weighted by Gasteiger charge is 2.53. The lowest BCUT2D eigenvalue weighted by molar-refractivity contribution is -0.0843. The van der Waals surface area contributed by atoms with E-state index in [2.05, 4.69) is 0 Å². The molecule has 2 atom stereocenters. The van der Waals surface area contributed by atoms with Crippen LogP contribution in [0.15, 0.2) is 0 Å². The Morgan fingerprint density at radius 2 is 1.85 bits per heavy atom. The van der Waals surface area contributed by atoms with E-state index in [1.807, 2.05) is 0 Å². The van der Waals surface area contributed by atoms with Gasteiger partial charge in [-0.05, 0) is 6.42 Å². The van der Waals surface area contributed by atoms with Gasteiger partial charge in [0.05, 0.1) is 18.8 Å². The summed E-state index contributed by atoms with van der Waals surface area (Å²) in [4.78, 5) is 0. The Kier molecular flexibility index (Phi) is 2.32. The molecule has 0 aromatic carbocycles. The minimum absolute atomic E-state index is 0.260. The van der Waals surface area contributed by atoms with Crippen LogP contribution in [0.4, 0.5) is 0 Å². The predicted octanol–water partition coefficient (Wildman–Crippen LogP) is -0.497. The number of nitrogens with two attached hydrogens (primary N) is 1. The molecule has 13 heavy (non-hydrogen) atoms. The first-order valence-corrected chi connectivity index (χ1v) is 4.80. The van der Waals surface area contributed by atoms with Crippen LogP contribution in [-0.4, -0.2) is 43.7 Å². The molecule has 2 unspecified atom stereocenters. The van der Waals surface area contributed by atoms with E-state index < -0.39 is 5.60 Å². The second-order valence-corrected chi connectivity index (χ2v) is 4.12. The van der Waals surface area contributed by atoms with Gasteiger partial charge >= 0.3 is 0 Å². The molecule has 2 aliphatic rings. The van der Waals surface area contributed by atoms with Crippen LogP contribution >= 0.6 is 0 Å². The van der Waals surface area contributed by atoms with Crippen LogP contribution in [0, 0.1) is 5.41 Å². The highest BCUT2D eigenvalue weighted by molar-refractivity contribution is 5.03. The van der Waals surface area contributed by atoms with Crippen molar-refractivity contribution in [2.45, 2.75) is 18.4 Å². The highest BCUT2D eigenvalue weighted by atomic mass is 16.5. The van der Waals surface area contributed by atoms with Crippen LogP contribution in [0.2, 0.25) is 0 Å². The summed E-state index contributed by atoms with van der Waals surface area (Å²) in [5.41, 5.74) is 4.73. The van der Waals surface area contributed by atoms with Gasteiger partial charge in [0.25, 0.3) is 0 Å². The number of ether oxygens (including phenoxy) is 2. The van der Waals surface area contributed by atoms with Crippen molar-refractivity contribution in [3.05, 3.63) is 0 Å². The molecule has 2 saturated heterocycles. The quantitative estimate of drug-likeness (QED) is 0.612. The van der Waals surface area contributed by atoms with E-state index in [-0.39, 0.29) is 5.41 Å². The van der Waals surface area contributed by atoms with E-state index in [0.717, 1.165) is 6.42 Å². The Labute approximate surface area is 78.0 Å². The zero-order valence-electron chi connectivity index (χ0n) is 7.79. The smallest absolute Gasteiger partial charge is 0.0992 e. The van der Waals surface area contributed by atoms with Gasteiger partial charge in [-0.15, -0.1) is 0 Å². The second-order valence-electron chi connectivity index (χ2n) is 4.12. The van der Waals surface area contributed by atoms with Gasteiger partial charge in [0, 0.05) is 31.6 Å². The van der Waals surface area contributed by atoms with E-state index in [4.69, 9.17) is 15.2 Å². The standard InChI is InChI=1S/C9H17NO3/c10-5-8(1-3-12-6-8)9(11)2-4-13-7-9/h11H,1-7,10H2. The van der Waals surface area contributed by atoms with E-state index in [0.29, 0.717) is 39.4 Å². The van der Waals surface area contributed by atoms with Gasteiger partial charge in [-0.2, -0.15) is 0 Å². The van der Waals surface area contributed by atoms with Crippen LogP contribution in [0.3, 0.4) is 0 Å². The zero-order valence-corrected chi connectivity index (χ0v) is 7.79. The van der Waals surface area contributed by atoms with E-state index in [1.54, 1.807) is 0 Å². The molecule has 0 bridgehead atoms. The van der Waals surface area contributed by atoms with Crippen molar-refractivity contribution in [1.29, 1.82) is 0 Å². The zero-order chi connectivity index (χ0) is 9.36. The molecule has 0 aliphatic carbocycles. The number of hydrogen-bond donors (Lipinski definition) is 2. The second kappa shape index (κ2) is 3.20. The van der Waals surface area contributed by atoms with Crippen LogP contribution in [0.25, 0.3) is 0 Å². The normalized spacial score (nSPS) is 45.7. The van der Waals surface area contributed by atoms with E-state index in [9.17, 15) is 5.11 Å². The number of aliphatic hydroxyl groups is 1. The molecular formula is C9H17NO3. The molecular weight excluding hydrogens is 170 g/mol. The average Bonchev–Trinajstić information content (AvgIpc) is 2.73. The maximum absolute atomic E-state index is 10.4. The van der Waals surface area contributed by atoms with E-state index in [1.165, 1.54) is 0 Å². The molecule has 0 aromatic rings. The third kappa shape index (κ3) is 1.29. The summed E-state index contributed by atoms with van der Waals surface area (Å²) in [7, 11) is 0. The molecule has 0 aromatic heterocycles. The van der Waals surface area contributed by atoms with Crippen molar-refractivity contribution in [2.75, 3.05) is 33.0 Å². The van der Waals surface area contributed by atoms with Crippen molar-refractivity contribution in [3.63, 3.8) is 0 Å². The largest absolute Gasteiger partial charge is 0.387 e. The van der Waals surface area contributed by atoms with Crippen molar-refractivity contribution in [2.24, 2.45) is 11.1 Å². The lowest BCUT2D eigenvalue weighted by Crippen LogP contribution is -2.53. The summed E-state index contributed by atoms with van der Waals surface area (Å²) in [5.74, 6) is 0. The van der Waals surface area contributed by atoms with Gasteiger partial charge in [0.2, 0.25) is 0 Å². The Bertz CT molecular complexity index is 183. The van der Waals surface area contributed by atoms with Crippen molar-refractivity contribution in [3.8, 4) is 0 Å². The summed E-state index contributed by atoms with van der Waals surface area (Å²) in [6.07, 6.45) is 1.54. The predicted molar refractivity (Wildman–Crippen MR) is 47.3 cm³/mol. The van der Waals surface area contributed by atoms with Crippen LogP contribution < -0.4 is 5.73 Å². The molecule has 0 spiro atoms. The van der Waals surface area contributed by atoms with Crippen molar-refractivity contribution in [1.82, 2.24) is 0 Å². The van der Waals surface area contributed by atoms with Gasteiger partial charge in [0.1, 0.15) is 0 Å². The summed E-state index contributed by atoms with van der Waals surface area (Å²) in [6, 6.07) is 0. The van der Waals surface area contributed by atoms with Crippen LogP contribution in [0.5, 0.6) is 0 Å². The lowest BCUT2D eigenvalue weighted by atomic mass is 9.70. The third-order valence-electron chi connectivity index (χ3n) is 3.48. The summed E-state index contributed by atoms with van der Waals surface area (Å²) >= 11 is 0. The Morgan fingerprint density at radius 3 is 2.31 bits per heavy atom. The summed E-state index contributed by atoms with van der Waals surface area (Å²) in [5, 5.41) is 10.4. The molecule has 2 fully saturated rings. The van der Waals surface area contributed by atoms with Crippen LogP contribution in [-0.2, 0) is 9.47 Å². The molecule has 0 saturated carbocycles. The Balaban J connectivity index is 2.18. The van der Waals surface area contributed by atoms with Crippen molar-refractivity contribution < 1.29 is 14.6 Å². The lowest BCUT2D eigenvalue weighted by Gasteiger charge is -2.39. The maximum atomic E-state index is 10.4. The number of rotatable bonds is 2. The fourth-order valence-electron chi connectivity index (χ4n) is 2.30. The maximum Gasteiger partial charge on any atom is 0.0992 e. The molecule has 76 valence electrons. The fourth-order valence-corrected chi connectivity index (χ4v) is 2.30. The highest BCUT2D eigenvalue weighted by Crippen LogP contribution is 2.43. The van der Waals surface area contributed by atoms with Crippen molar-refractivity contribution >= 4 is 0 Å². The average molecular weight is 187 g/mol. The van der Waals surface area contributed by atoms with E-state index >= 15 is 0 Å². The minimum Gasteiger partial charge on any atom is -0.387 e. The fraction of sp³-hybridized carbons (Fsp3) is 1.00. The summed E-state index contributed by atoms with van der Waals surface area (Å²) < 4.78 is 10.6. The topological polar surface area (TPSA) is 64.7 Å². The molecule has 0 radical (unpaired) electrons. The first-order chi connectivity index (χ1) is 6.22. The molecule has 0 amide bonds.